The zero-order chi connectivity index (χ0) is 17.4. The molecule has 25 heavy (non-hydrogen) atoms. The molecule has 0 saturated heterocycles. The molecule has 0 spiro atoms. The molecule has 122 valence electrons. The highest BCUT2D eigenvalue weighted by atomic mass is 35.5. The third kappa shape index (κ3) is 2.65. The van der Waals surface area contributed by atoms with Crippen molar-refractivity contribution < 1.29 is 4.79 Å². The summed E-state index contributed by atoms with van der Waals surface area (Å²) in [5.41, 5.74) is 4.29. The van der Waals surface area contributed by atoms with Crippen molar-refractivity contribution in [3.63, 3.8) is 0 Å². The number of carbonyl (C=O) groups excluding carboxylic acids is 1. The van der Waals surface area contributed by atoms with Gasteiger partial charge in [0.05, 0.1) is 11.3 Å². The number of rotatable bonds is 3. The molecule has 0 amide bonds. The molecule has 4 aromatic rings. The largest absolute Gasteiger partial charge is 0.343 e. The van der Waals surface area contributed by atoms with E-state index >= 15 is 0 Å². The minimum atomic E-state index is -0.0156. The van der Waals surface area contributed by atoms with Crippen LogP contribution in [-0.4, -0.2) is 10.4 Å². The Kier molecular flexibility index (Phi) is 3.90. The van der Waals surface area contributed by atoms with Crippen molar-refractivity contribution in [2.75, 3.05) is 0 Å². The Bertz CT molecular complexity index is 1080. The first kappa shape index (κ1) is 15.7. The van der Waals surface area contributed by atoms with Crippen molar-refractivity contribution in [1.29, 1.82) is 0 Å². The highest BCUT2D eigenvalue weighted by Crippen LogP contribution is 2.34. The quantitative estimate of drug-likeness (QED) is 0.434. The topological polar surface area (TPSA) is 22.0 Å². The van der Waals surface area contributed by atoms with Crippen LogP contribution < -0.4 is 0 Å². The highest BCUT2D eigenvalue weighted by molar-refractivity contribution is 6.31. The first-order valence-electron chi connectivity index (χ1n) is 8.10. The second kappa shape index (κ2) is 6.23. The van der Waals surface area contributed by atoms with E-state index < -0.39 is 0 Å². The number of fused-ring (bicyclic) bond motifs is 1. The number of carbonyl (C=O) groups is 1. The van der Waals surface area contributed by atoms with Gasteiger partial charge in [0.25, 0.3) is 0 Å². The van der Waals surface area contributed by atoms with E-state index in [-0.39, 0.29) is 5.78 Å². The maximum absolute atomic E-state index is 13.3. The third-order valence-corrected chi connectivity index (χ3v) is 4.70. The van der Waals surface area contributed by atoms with Crippen LogP contribution in [0.25, 0.3) is 22.2 Å². The summed E-state index contributed by atoms with van der Waals surface area (Å²) in [4.78, 5) is 13.3. The lowest BCUT2D eigenvalue weighted by atomic mass is 9.97. The van der Waals surface area contributed by atoms with Crippen molar-refractivity contribution >= 4 is 28.3 Å². The Hall–Kier alpha value is -2.84. The minimum Gasteiger partial charge on any atom is -0.343 e. The summed E-state index contributed by atoms with van der Waals surface area (Å²) >= 11 is 6.10. The Balaban J connectivity index is 2.04. The van der Waals surface area contributed by atoms with Gasteiger partial charge in [0.2, 0.25) is 0 Å². The zero-order valence-electron chi connectivity index (χ0n) is 13.7. The lowest BCUT2D eigenvalue weighted by Crippen LogP contribution is -2.04. The molecule has 3 heteroatoms. The molecule has 3 aromatic carbocycles. The molecular formula is C22H16ClNO. The zero-order valence-corrected chi connectivity index (χ0v) is 14.5. The molecule has 0 radical (unpaired) electrons. The van der Waals surface area contributed by atoms with Crippen LogP contribution in [0.15, 0.2) is 78.9 Å². The smallest absolute Gasteiger partial charge is 0.195 e. The van der Waals surface area contributed by atoms with Crippen LogP contribution >= 0.6 is 11.6 Å². The van der Waals surface area contributed by atoms with Gasteiger partial charge in [-0.15, -0.1) is 0 Å². The molecule has 2 nitrogen and oxygen atoms in total. The maximum atomic E-state index is 13.3. The van der Waals surface area contributed by atoms with Gasteiger partial charge < -0.3 is 4.57 Å². The van der Waals surface area contributed by atoms with Crippen molar-refractivity contribution in [3.8, 4) is 11.3 Å². The van der Waals surface area contributed by atoms with Crippen molar-refractivity contribution in [1.82, 2.24) is 4.57 Å². The Labute approximate surface area is 151 Å². The van der Waals surface area contributed by atoms with E-state index in [1.54, 1.807) is 12.1 Å². The van der Waals surface area contributed by atoms with E-state index in [0.29, 0.717) is 16.1 Å². The van der Waals surface area contributed by atoms with Crippen LogP contribution in [0.4, 0.5) is 0 Å². The summed E-state index contributed by atoms with van der Waals surface area (Å²) in [6.07, 6.45) is 0. The van der Waals surface area contributed by atoms with Crippen LogP contribution in [0.5, 0.6) is 0 Å². The van der Waals surface area contributed by atoms with Crippen LogP contribution in [0.3, 0.4) is 0 Å². The molecule has 0 aliphatic rings. The van der Waals surface area contributed by atoms with Crippen LogP contribution in [-0.2, 0) is 7.05 Å². The van der Waals surface area contributed by atoms with E-state index in [4.69, 9.17) is 11.6 Å². The van der Waals surface area contributed by atoms with Gasteiger partial charge in [0.1, 0.15) is 0 Å². The van der Waals surface area contributed by atoms with E-state index in [9.17, 15) is 4.79 Å². The monoisotopic (exact) mass is 345 g/mol. The first-order valence-corrected chi connectivity index (χ1v) is 8.47. The van der Waals surface area contributed by atoms with Crippen LogP contribution in [0, 0.1) is 0 Å². The number of hydrogen-bond acceptors (Lipinski definition) is 1. The molecule has 0 bridgehead atoms. The molecule has 0 atom stereocenters. The van der Waals surface area contributed by atoms with Gasteiger partial charge >= 0.3 is 0 Å². The van der Waals surface area contributed by atoms with Gasteiger partial charge in [0, 0.05) is 28.5 Å². The van der Waals surface area contributed by atoms with Crippen LogP contribution in [0.2, 0.25) is 5.02 Å². The van der Waals surface area contributed by atoms with Gasteiger partial charge in [-0.05, 0) is 23.8 Å². The Morgan fingerprint density at radius 3 is 2.36 bits per heavy atom. The number of para-hydroxylation sites is 1. The summed E-state index contributed by atoms with van der Waals surface area (Å²) in [6, 6.07) is 25.1. The van der Waals surface area contributed by atoms with Crippen molar-refractivity contribution in [2.45, 2.75) is 0 Å². The SMILES string of the molecule is Cn1c(-c2ccccc2)c(C(=O)c2cccc(Cl)c2)c2ccccc21. The second-order valence-electron chi connectivity index (χ2n) is 6.01. The average Bonchev–Trinajstić information content (AvgIpc) is 2.95. The molecule has 0 unspecified atom stereocenters. The van der Waals surface area contributed by atoms with Gasteiger partial charge in [-0.3, -0.25) is 4.79 Å². The van der Waals surface area contributed by atoms with Gasteiger partial charge in [-0.1, -0.05) is 72.3 Å². The predicted octanol–water partition coefficient (Wildman–Crippen LogP) is 5.73. The number of benzene rings is 3. The fourth-order valence-electron chi connectivity index (χ4n) is 3.33. The summed E-state index contributed by atoms with van der Waals surface area (Å²) in [7, 11) is 2.00. The predicted molar refractivity (Wildman–Crippen MR) is 103 cm³/mol. The molecular weight excluding hydrogens is 330 g/mol. The maximum Gasteiger partial charge on any atom is 0.195 e. The molecule has 0 fully saturated rings. The number of hydrogen-bond donors (Lipinski definition) is 0. The standard InChI is InChI=1S/C22H16ClNO/c1-24-19-13-6-5-12-18(19)20(21(24)15-8-3-2-4-9-15)22(25)16-10-7-11-17(23)14-16/h2-14H,1H3. The molecule has 1 heterocycles. The molecule has 0 saturated carbocycles. The highest BCUT2D eigenvalue weighted by Gasteiger charge is 2.23. The molecule has 4 rings (SSSR count). The fourth-order valence-corrected chi connectivity index (χ4v) is 3.52. The molecule has 0 N–H and O–H groups in total. The summed E-state index contributed by atoms with van der Waals surface area (Å²) < 4.78 is 2.09. The van der Waals surface area contributed by atoms with E-state index in [0.717, 1.165) is 22.2 Å². The number of aromatic nitrogens is 1. The Morgan fingerprint density at radius 1 is 0.880 bits per heavy atom. The summed E-state index contributed by atoms with van der Waals surface area (Å²) in [6.45, 7) is 0. The van der Waals surface area contributed by atoms with Gasteiger partial charge in [-0.2, -0.15) is 0 Å². The van der Waals surface area contributed by atoms with E-state index in [2.05, 4.69) is 4.57 Å². The number of nitrogens with zero attached hydrogens (tertiary/aromatic N) is 1. The Morgan fingerprint density at radius 2 is 1.60 bits per heavy atom. The number of aryl methyl sites for hydroxylation is 1. The van der Waals surface area contributed by atoms with Crippen molar-refractivity contribution in [2.24, 2.45) is 7.05 Å². The number of ketones is 1. The first-order chi connectivity index (χ1) is 12.2. The normalized spacial score (nSPS) is 11.0. The molecule has 0 aliphatic carbocycles. The summed E-state index contributed by atoms with van der Waals surface area (Å²) in [5.74, 6) is -0.0156. The van der Waals surface area contributed by atoms with Crippen molar-refractivity contribution in [3.05, 3.63) is 95.0 Å². The van der Waals surface area contributed by atoms with E-state index in [1.807, 2.05) is 73.8 Å². The number of halogens is 1. The van der Waals surface area contributed by atoms with Crippen LogP contribution in [0.1, 0.15) is 15.9 Å². The third-order valence-electron chi connectivity index (χ3n) is 4.47. The molecule has 1 aromatic heterocycles. The lowest BCUT2D eigenvalue weighted by molar-refractivity contribution is 0.104. The fraction of sp³-hybridized carbons (Fsp3) is 0.0455. The van der Waals surface area contributed by atoms with Gasteiger partial charge in [-0.25, -0.2) is 0 Å². The molecule has 0 aliphatic heterocycles. The average molecular weight is 346 g/mol. The second-order valence-corrected chi connectivity index (χ2v) is 6.44. The lowest BCUT2D eigenvalue weighted by Gasteiger charge is -2.08. The van der Waals surface area contributed by atoms with E-state index in [1.165, 1.54) is 0 Å². The minimum absolute atomic E-state index is 0.0156. The van der Waals surface area contributed by atoms with Gasteiger partial charge in [0.15, 0.2) is 5.78 Å². The summed E-state index contributed by atoms with van der Waals surface area (Å²) in [5, 5.41) is 1.51.